The van der Waals surface area contributed by atoms with Gasteiger partial charge in [0.15, 0.2) is 0 Å². The van der Waals surface area contributed by atoms with Crippen LogP contribution in [-0.4, -0.2) is 36.8 Å². The van der Waals surface area contributed by atoms with Gasteiger partial charge in [0.2, 0.25) is 0 Å². The van der Waals surface area contributed by atoms with Gasteiger partial charge in [-0.15, -0.1) is 0 Å². The van der Waals surface area contributed by atoms with Crippen LogP contribution >= 0.6 is 0 Å². The van der Waals surface area contributed by atoms with E-state index >= 15 is 0 Å². The number of likely N-dealkylation sites (N-methyl/N-ethyl adjacent to an activating group) is 1. The van der Waals surface area contributed by atoms with E-state index in [0.717, 1.165) is 46.7 Å². The summed E-state index contributed by atoms with van der Waals surface area (Å²) in [4.78, 5) is 2.13. The predicted octanol–water partition coefficient (Wildman–Crippen LogP) is 5.12. The van der Waals surface area contributed by atoms with Crippen LogP contribution in [0.25, 0.3) is 5.57 Å². The third-order valence-electron chi connectivity index (χ3n) is 5.10. The van der Waals surface area contributed by atoms with Crippen LogP contribution < -0.4 is 9.47 Å². The summed E-state index contributed by atoms with van der Waals surface area (Å²) in [7, 11) is 4.10. The number of ether oxygens (including phenoxy) is 2. The standard InChI is InChI=1S/C26H27NO3/c1-27(2)17-23-12-13-24(20-9-6-10-21(28)15-20)25-14-11-22(16-26(25)30-23)29-18-19-7-4-3-5-8-19/h3-11,13-16,23,28H,12,17-18H2,1-2H3. The molecule has 4 nitrogen and oxygen atoms in total. The quantitative estimate of drug-likeness (QED) is 0.623. The molecule has 30 heavy (non-hydrogen) atoms. The Kier molecular flexibility index (Phi) is 6.05. The molecule has 1 aliphatic rings. The molecule has 3 aromatic carbocycles. The molecule has 0 amide bonds. The molecule has 0 radical (unpaired) electrons. The van der Waals surface area contributed by atoms with E-state index < -0.39 is 0 Å². The van der Waals surface area contributed by atoms with Crippen molar-refractivity contribution in [2.24, 2.45) is 0 Å². The summed E-state index contributed by atoms with van der Waals surface area (Å²) in [6.45, 7) is 1.33. The SMILES string of the molecule is CN(C)CC1CC=C(c2cccc(O)c2)c2ccc(OCc3ccccc3)cc2O1. The minimum absolute atomic E-state index is 0.0398. The van der Waals surface area contributed by atoms with Gasteiger partial charge >= 0.3 is 0 Å². The summed E-state index contributed by atoms with van der Waals surface area (Å²) in [5.74, 6) is 1.84. The minimum Gasteiger partial charge on any atom is -0.508 e. The number of hydrogen-bond acceptors (Lipinski definition) is 4. The number of fused-ring (bicyclic) bond motifs is 1. The van der Waals surface area contributed by atoms with Crippen LogP contribution in [0.3, 0.4) is 0 Å². The maximum Gasteiger partial charge on any atom is 0.131 e. The molecule has 0 saturated carbocycles. The van der Waals surface area contributed by atoms with Crippen molar-refractivity contribution in [3.63, 3.8) is 0 Å². The largest absolute Gasteiger partial charge is 0.508 e. The van der Waals surface area contributed by atoms with Crippen LogP contribution in [0.5, 0.6) is 17.2 Å². The van der Waals surface area contributed by atoms with Gasteiger partial charge in [0.05, 0.1) is 0 Å². The van der Waals surface area contributed by atoms with E-state index in [1.165, 1.54) is 0 Å². The normalized spacial score (nSPS) is 15.7. The van der Waals surface area contributed by atoms with Crippen molar-refractivity contribution in [3.8, 4) is 17.2 Å². The number of rotatable bonds is 6. The molecule has 1 N–H and O–H groups in total. The molecule has 1 atom stereocenters. The Morgan fingerprint density at radius 3 is 2.60 bits per heavy atom. The highest BCUT2D eigenvalue weighted by atomic mass is 16.5. The zero-order chi connectivity index (χ0) is 20.9. The van der Waals surface area contributed by atoms with Gasteiger partial charge in [-0.25, -0.2) is 0 Å². The van der Waals surface area contributed by atoms with E-state index in [1.807, 2.05) is 48.5 Å². The van der Waals surface area contributed by atoms with E-state index in [4.69, 9.17) is 9.47 Å². The van der Waals surface area contributed by atoms with Crippen LogP contribution in [0, 0.1) is 0 Å². The molecule has 1 heterocycles. The van der Waals surface area contributed by atoms with Gasteiger partial charge in [0.25, 0.3) is 0 Å². The van der Waals surface area contributed by atoms with Crippen molar-refractivity contribution in [2.45, 2.75) is 19.1 Å². The van der Waals surface area contributed by atoms with E-state index in [0.29, 0.717) is 6.61 Å². The number of benzene rings is 3. The van der Waals surface area contributed by atoms with Gasteiger partial charge in [-0.3, -0.25) is 0 Å². The predicted molar refractivity (Wildman–Crippen MR) is 120 cm³/mol. The van der Waals surface area contributed by atoms with E-state index in [9.17, 15) is 5.11 Å². The van der Waals surface area contributed by atoms with E-state index in [2.05, 4.69) is 37.2 Å². The second-order valence-corrected chi connectivity index (χ2v) is 7.84. The van der Waals surface area contributed by atoms with Crippen LogP contribution in [0.2, 0.25) is 0 Å². The lowest BCUT2D eigenvalue weighted by Gasteiger charge is -2.21. The molecule has 0 spiro atoms. The third kappa shape index (κ3) is 4.84. The van der Waals surface area contributed by atoms with Gasteiger partial charge < -0.3 is 19.5 Å². The maximum atomic E-state index is 9.97. The zero-order valence-electron chi connectivity index (χ0n) is 17.4. The molecule has 1 aliphatic heterocycles. The highest BCUT2D eigenvalue weighted by Crippen LogP contribution is 2.38. The summed E-state index contributed by atoms with van der Waals surface area (Å²) in [6.07, 6.45) is 3.04. The number of phenolic OH excluding ortho intramolecular Hbond substituents is 1. The first-order valence-corrected chi connectivity index (χ1v) is 10.2. The van der Waals surface area contributed by atoms with Gasteiger partial charge in [-0.05, 0) is 55.1 Å². The first-order chi connectivity index (χ1) is 14.6. The second-order valence-electron chi connectivity index (χ2n) is 7.84. The first kappa shape index (κ1) is 20.0. The summed E-state index contributed by atoms with van der Waals surface area (Å²) in [6, 6.07) is 23.5. The van der Waals surface area contributed by atoms with E-state index in [1.54, 1.807) is 12.1 Å². The van der Waals surface area contributed by atoms with Crippen molar-refractivity contribution in [2.75, 3.05) is 20.6 Å². The minimum atomic E-state index is 0.0398. The van der Waals surface area contributed by atoms with Gasteiger partial charge in [0, 0.05) is 24.6 Å². The number of phenols is 1. The first-order valence-electron chi connectivity index (χ1n) is 10.2. The van der Waals surface area contributed by atoms with Crippen molar-refractivity contribution in [1.82, 2.24) is 4.90 Å². The van der Waals surface area contributed by atoms with Gasteiger partial charge in [-0.1, -0.05) is 48.5 Å². The monoisotopic (exact) mass is 401 g/mol. The molecule has 0 saturated heterocycles. The molecule has 0 fully saturated rings. The summed E-state index contributed by atoms with van der Waals surface area (Å²) >= 11 is 0. The Bertz CT molecular complexity index is 1030. The number of hydrogen-bond donors (Lipinski definition) is 1. The van der Waals surface area contributed by atoms with Crippen LogP contribution in [0.1, 0.15) is 23.1 Å². The van der Waals surface area contributed by atoms with Crippen LogP contribution in [0.15, 0.2) is 78.9 Å². The fourth-order valence-electron chi connectivity index (χ4n) is 3.71. The number of nitrogens with zero attached hydrogens (tertiary/aromatic N) is 1. The summed E-state index contributed by atoms with van der Waals surface area (Å²) in [5.41, 5.74) is 4.17. The highest BCUT2D eigenvalue weighted by molar-refractivity contribution is 5.84. The Balaban J connectivity index is 1.65. The highest BCUT2D eigenvalue weighted by Gasteiger charge is 2.21. The molecule has 0 aliphatic carbocycles. The molecule has 4 rings (SSSR count). The van der Waals surface area contributed by atoms with E-state index in [-0.39, 0.29) is 11.9 Å². The van der Waals surface area contributed by atoms with Gasteiger partial charge in [-0.2, -0.15) is 0 Å². The Morgan fingerprint density at radius 2 is 1.83 bits per heavy atom. The van der Waals surface area contributed by atoms with Crippen molar-refractivity contribution >= 4 is 5.57 Å². The molecule has 0 bridgehead atoms. The summed E-state index contributed by atoms with van der Waals surface area (Å²) in [5, 5.41) is 9.97. The van der Waals surface area contributed by atoms with Gasteiger partial charge in [0.1, 0.15) is 30.0 Å². The molecular weight excluding hydrogens is 374 g/mol. The van der Waals surface area contributed by atoms with Crippen molar-refractivity contribution in [3.05, 3.63) is 95.6 Å². The topological polar surface area (TPSA) is 41.9 Å². The molecule has 4 heteroatoms. The average molecular weight is 402 g/mol. The van der Waals surface area contributed by atoms with Crippen molar-refractivity contribution in [1.29, 1.82) is 0 Å². The summed E-state index contributed by atoms with van der Waals surface area (Å²) < 4.78 is 12.4. The van der Waals surface area contributed by atoms with Crippen molar-refractivity contribution < 1.29 is 14.6 Å². The fraction of sp³-hybridized carbons (Fsp3) is 0.231. The Morgan fingerprint density at radius 1 is 1.00 bits per heavy atom. The maximum absolute atomic E-state index is 9.97. The van der Waals surface area contributed by atoms with Crippen LogP contribution in [0.4, 0.5) is 0 Å². The lowest BCUT2D eigenvalue weighted by atomic mass is 9.96. The third-order valence-corrected chi connectivity index (χ3v) is 5.10. The molecular formula is C26H27NO3. The number of aromatic hydroxyl groups is 1. The fourth-order valence-corrected chi connectivity index (χ4v) is 3.71. The Hall–Kier alpha value is -3.24. The molecule has 3 aromatic rings. The Labute approximate surface area is 178 Å². The molecule has 1 unspecified atom stereocenters. The smallest absolute Gasteiger partial charge is 0.131 e. The lowest BCUT2D eigenvalue weighted by Crippen LogP contribution is -2.30. The molecule has 0 aromatic heterocycles. The lowest BCUT2D eigenvalue weighted by molar-refractivity contribution is 0.163. The zero-order valence-corrected chi connectivity index (χ0v) is 17.4. The van der Waals surface area contributed by atoms with Crippen LogP contribution in [-0.2, 0) is 6.61 Å². The average Bonchev–Trinajstić information content (AvgIpc) is 2.91. The molecule has 154 valence electrons. The second kappa shape index (κ2) is 9.06.